The Labute approximate surface area is 137 Å². The molecular weight excluding hydrogens is 316 g/mol. The Morgan fingerprint density at radius 2 is 2.26 bits per heavy atom. The number of nitrogens with one attached hydrogen (secondary N) is 1. The van der Waals surface area contributed by atoms with Crippen LogP contribution in [0.4, 0.5) is 5.13 Å². The molecule has 0 radical (unpaired) electrons. The Morgan fingerprint density at radius 1 is 1.43 bits per heavy atom. The summed E-state index contributed by atoms with van der Waals surface area (Å²) in [6.07, 6.45) is 3.09. The van der Waals surface area contributed by atoms with E-state index in [9.17, 15) is 4.79 Å². The van der Waals surface area contributed by atoms with E-state index in [1.165, 1.54) is 31.3 Å². The summed E-state index contributed by atoms with van der Waals surface area (Å²) in [6, 6.07) is 0. The van der Waals surface area contributed by atoms with Gasteiger partial charge in [0.05, 0.1) is 6.54 Å². The smallest absolute Gasteiger partial charge is 0.223 e. The monoisotopic (exact) mass is 334 g/mol. The zero-order chi connectivity index (χ0) is 16.0. The Morgan fingerprint density at radius 3 is 2.91 bits per heavy atom. The second-order valence-corrected chi connectivity index (χ2v) is 7.01. The van der Waals surface area contributed by atoms with Crippen LogP contribution < -0.4 is 10.2 Å². The third-order valence-electron chi connectivity index (χ3n) is 4.28. The van der Waals surface area contributed by atoms with Crippen molar-refractivity contribution in [3.05, 3.63) is 17.5 Å². The van der Waals surface area contributed by atoms with Crippen LogP contribution in [0.15, 0.2) is 4.52 Å². The van der Waals surface area contributed by atoms with E-state index < -0.39 is 5.54 Å². The second-order valence-electron chi connectivity index (χ2n) is 6.28. The van der Waals surface area contributed by atoms with E-state index in [-0.39, 0.29) is 5.91 Å². The average molecular weight is 334 g/mol. The Hall–Kier alpha value is -2.03. The molecule has 2 aliphatic rings. The normalized spacial score (nSPS) is 24.2. The predicted molar refractivity (Wildman–Crippen MR) is 83.2 cm³/mol. The number of rotatable bonds is 4. The molecule has 0 aromatic carbocycles. The first-order chi connectivity index (χ1) is 11.1. The second kappa shape index (κ2) is 5.26. The van der Waals surface area contributed by atoms with Crippen molar-refractivity contribution in [3.63, 3.8) is 0 Å². The van der Waals surface area contributed by atoms with Gasteiger partial charge in [0.25, 0.3) is 0 Å². The zero-order valence-corrected chi connectivity index (χ0v) is 13.9. The fraction of sp³-hybridized carbons (Fsp3) is 0.643. The van der Waals surface area contributed by atoms with E-state index >= 15 is 0 Å². The minimum absolute atomic E-state index is 0.106. The molecule has 8 nitrogen and oxygen atoms in total. The van der Waals surface area contributed by atoms with Crippen LogP contribution in [0, 0.1) is 6.92 Å². The molecule has 1 saturated heterocycles. The average Bonchev–Trinajstić information content (AvgIpc) is 2.91. The lowest BCUT2D eigenvalue weighted by Gasteiger charge is -2.26. The molecule has 1 aliphatic heterocycles. The van der Waals surface area contributed by atoms with Gasteiger partial charge in [-0.25, -0.2) is 4.98 Å². The van der Waals surface area contributed by atoms with Gasteiger partial charge in [0.2, 0.25) is 16.9 Å². The fourth-order valence-electron chi connectivity index (χ4n) is 3.01. The standard InChI is InChI=1S/C14H18N6O2S/c1-8(21)17-14(12-15-9(2)22-18-12)5-6-20(7-14)13-16-11(19-23-13)10-3-4-10/h10H,3-7H2,1-2H3,(H,17,21). The van der Waals surface area contributed by atoms with Gasteiger partial charge >= 0.3 is 0 Å². The molecule has 9 heteroatoms. The van der Waals surface area contributed by atoms with Crippen molar-refractivity contribution in [1.29, 1.82) is 0 Å². The molecule has 0 spiro atoms. The Bertz CT molecular complexity index is 739. The third-order valence-corrected chi connectivity index (χ3v) is 5.08. The van der Waals surface area contributed by atoms with Gasteiger partial charge in [-0.3, -0.25) is 4.79 Å². The lowest BCUT2D eigenvalue weighted by Crippen LogP contribution is -2.48. The van der Waals surface area contributed by atoms with Crippen LogP contribution in [-0.2, 0) is 10.3 Å². The van der Waals surface area contributed by atoms with E-state index in [2.05, 4.69) is 29.7 Å². The van der Waals surface area contributed by atoms with E-state index in [1.54, 1.807) is 6.92 Å². The van der Waals surface area contributed by atoms with Crippen LogP contribution in [0.2, 0.25) is 0 Å². The summed E-state index contributed by atoms with van der Waals surface area (Å²) in [5.41, 5.74) is -0.630. The molecule has 1 unspecified atom stereocenters. The van der Waals surface area contributed by atoms with E-state index in [0.717, 1.165) is 17.5 Å². The minimum Gasteiger partial charge on any atom is -0.344 e. The van der Waals surface area contributed by atoms with Crippen molar-refractivity contribution < 1.29 is 9.32 Å². The molecule has 23 heavy (non-hydrogen) atoms. The summed E-state index contributed by atoms with van der Waals surface area (Å²) in [4.78, 5) is 22.8. The van der Waals surface area contributed by atoms with Gasteiger partial charge in [0.1, 0.15) is 11.4 Å². The Balaban J connectivity index is 1.59. The van der Waals surface area contributed by atoms with Crippen LogP contribution in [0.25, 0.3) is 0 Å². The molecule has 3 heterocycles. The van der Waals surface area contributed by atoms with Crippen LogP contribution in [0.1, 0.15) is 49.6 Å². The Kier molecular flexibility index (Phi) is 3.33. The number of aryl methyl sites for hydroxylation is 1. The number of carbonyl (C=O) groups is 1. The van der Waals surface area contributed by atoms with Gasteiger partial charge in [0, 0.05) is 37.8 Å². The number of hydrogen-bond donors (Lipinski definition) is 1. The molecular formula is C14H18N6O2S. The van der Waals surface area contributed by atoms with Crippen molar-refractivity contribution in [2.24, 2.45) is 0 Å². The number of amides is 1. The van der Waals surface area contributed by atoms with Crippen LogP contribution >= 0.6 is 11.5 Å². The van der Waals surface area contributed by atoms with E-state index in [0.29, 0.717) is 30.6 Å². The van der Waals surface area contributed by atoms with Gasteiger partial charge in [-0.15, -0.1) is 0 Å². The number of aromatic nitrogens is 4. The maximum Gasteiger partial charge on any atom is 0.223 e. The SMILES string of the molecule is CC(=O)NC1(c2noc(C)n2)CCN(c2nc(C3CC3)ns2)C1. The molecule has 122 valence electrons. The summed E-state index contributed by atoms with van der Waals surface area (Å²) in [7, 11) is 0. The highest BCUT2D eigenvalue weighted by atomic mass is 32.1. The van der Waals surface area contributed by atoms with Gasteiger partial charge < -0.3 is 14.7 Å². The van der Waals surface area contributed by atoms with Crippen LogP contribution in [0.3, 0.4) is 0 Å². The van der Waals surface area contributed by atoms with Crippen LogP contribution in [-0.4, -0.2) is 38.5 Å². The molecule has 1 atom stereocenters. The van der Waals surface area contributed by atoms with E-state index in [4.69, 9.17) is 4.52 Å². The molecule has 1 aliphatic carbocycles. The van der Waals surface area contributed by atoms with Gasteiger partial charge in [0.15, 0.2) is 5.82 Å². The predicted octanol–water partition coefficient (Wildman–Crippen LogP) is 1.35. The lowest BCUT2D eigenvalue weighted by molar-refractivity contribution is -0.120. The highest BCUT2D eigenvalue weighted by Gasteiger charge is 2.45. The van der Waals surface area contributed by atoms with Crippen molar-refractivity contribution in [1.82, 2.24) is 24.8 Å². The number of hydrogen-bond acceptors (Lipinski definition) is 8. The molecule has 2 fully saturated rings. The summed E-state index contributed by atoms with van der Waals surface area (Å²) >= 11 is 1.42. The number of carbonyl (C=O) groups excluding carboxylic acids is 1. The van der Waals surface area contributed by atoms with E-state index in [1.807, 2.05) is 0 Å². The first-order valence-electron chi connectivity index (χ1n) is 7.74. The van der Waals surface area contributed by atoms with Gasteiger partial charge in [-0.2, -0.15) is 9.36 Å². The molecule has 4 rings (SSSR count). The van der Waals surface area contributed by atoms with Gasteiger partial charge in [-0.1, -0.05) is 5.16 Å². The third kappa shape index (κ3) is 2.69. The molecule has 1 amide bonds. The molecule has 2 aromatic heterocycles. The first-order valence-corrected chi connectivity index (χ1v) is 8.51. The topological polar surface area (TPSA) is 97.0 Å². The van der Waals surface area contributed by atoms with Crippen LogP contribution in [0.5, 0.6) is 0 Å². The minimum atomic E-state index is -0.630. The van der Waals surface area contributed by atoms with Crippen molar-refractivity contribution in [3.8, 4) is 0 Å². The summed E-state index contributed by atoms with van der Waals surface area (Å²) < 4.78 is 9.57. The first kappa shape index (κ1) is 14.6. The molecule has 0 bridgehead atoms. The molecule has 1 saturated carbocycles. The largest absolute Gasteiger partial charge is 0.344 e. The summed E-state index contributed by atoms with van der Waals surface area (Å²) in [5, 5.41) is 7.95. The maximum atomic E-state index is 11.7. The molecule has 2 aromatic rings. The quantitative estimate of drug-likeness (QED) is 0.901. The van der Waals surface area contributed by atoms with Crippen molar-refractivity contribution in [2.75, 3.05) is 18.0 Å². The van der Waals surface area contributed by atoms with Crippen molar-refractivity contribution in [2.45, 2.75) is 44.6 Å². The van der Waals surface area contributed by atoms with Gasteiger partial charge in [-0.05, 0) is 19.3 Å². The summed E-state index contributed by atoms with van der Waals surface area (Å²) in [5.74, 6) is 2.42. The zero-order valence-electron chi connectivity index (χ0n) is 13.1. The number of anilines is 1. The molecule has 1 N–H and O–H groups in total. The highest BCUT2D eigenvalue weighted by molar-refractivity contribution is 7.09. The maximum absolute atomic E-state index is 11.7. The summed E-state index contributed by atoms with van der Waals surface area (Å²) in [6.45, 7) is 4.60. The lowest BCUT2D eigenvalue weighted by atomic mass is 9.97. The number of nitrogens with zero attached hydrogens (tertiary/aromatic N) is 5. The van der Waals surface area contributed by atoms with Crippen molar-refractivity contribution >= 4 is 22.6 Å². The fourth-order valence-corrected chi connectivity index (χ4v) is 3.78. The highest BCUT2D eigenvalue weighted by Crippen LogP contribution is 2.41.